The second kappa shape index (κ2) is 7.87. The number of para-hydroxylation sites is 1. The summed E-state index contributed by atoms with van der Waals surface area (Å²) in [5, 5.41) is 12.2. The molecule has 1 atom stereocenters. The number of carbonyl (C=O) groups is 2. The number of aliphatic carboxylic acids is 1. The van der Waals surface area contributed by atoms with Crippen molar-refractivity contribution < 1.29 is 14.7 Å². The van der Waals surface area contributed by atoms with Crippen LogP contribution in [0.4, 0.5) is 5.69 Å². The molecule has 1 amide bonds. The fraction of sp³-hybridized carbons (Fsp3) is 0.429. The third-order valence-corrected chi connectivity index (χ3v) is 3.37. The summed E-state index contributed by atoms with van der Waals surface area (Å²) in [4.78, 5) is 24.5. The van der Waals surface area contributed by atoms with E-state index >= 15 is 0 Å². The number of hydrogen-bond donors (Lipinski definition) is 2. The Bertz CT molecular complexity index is 479. The highest BCUT2D eigenvalue weighted by molar-refractivity contribution is 6.33. The molecule has 0 aliphatic carbocycles. The third-order valence-electron chi connectivity index (χ3n) is 3.04. The number of carboxylic acids is 1. The molecule has 0 aliphatic rings. The van der Waals surface area contributed by atoms with E-state index in [1.807, 2.05) is 0 Å². The predicted octanol–water partition coefficient (Wildman–Crippen LogP) is 2.46. The minimum atomic E-state index is -0.874. The second-order valence-electron chi connectivity index (χ2n) is 4.52. The molecule has 0 aliphatic heterocycles. The first-order valence-corrected chi connectivity index (χ1v) is 6.81. The Hall–Kier alpha value is -1.59. The number of carbonyl (C=O) groups excluding carboxylic acids is 1. The topological polar surface area (TPSA) is 69.6 Å². The van der Waals surface area contributed by atoms with Crippen LogP contribution in [-0.4, -0.2) is 41.5 Å². The highest BCUT2D eigenvalue weighted by atomic mass is 35.5. The smallest absolute Gasteiger partial charge is 0.320 e. The van der Waals surface area contributed by atoms with Crippen LogP contribution >= 0.6 is 11.6 Å². The van der Waals surface area contributed by atoms with Gasteiger partial charge in [0.1, 0.15) is 6.04 Å². The van der Waals surface area contributed by atoms with Gasteiger partial charge in [-0.25, -0.2) is 0 Å². The number of likely N-dealkylation sites (N-methyl/N-ethyl adjacent to an activating group) is 1. The first kappa shape index (κ1) is 16.5. The molecular weight excluding hydrogens is 280 g/mol. The van der Waals surface area contributed by atoms with Gasteiger partial charge in [0.25, 0.3) is 0 Å². The molecule has 5 nitrogen and oxygen atoms in total. The molecule has 0 saturated heterocycles. The zero-order chi connectivity index (χ0) is 15.1. The van der Waals surface area contributed by atoms with Crippen LogP contribution in [0.3, 0.4) is 0 Å². The lowest BCUT2D eigenvalue weighted by Crippen LogP contribution is -2.39. The number of hydrogen-bond acceptors (Lipinski definition) is 3. The van der Waals surface area contributed by atoms with Crippen molar-refractivity contribution in [2.45, 2.75) is 25.8 Å². The van der Waals surface area contributed by atoms with Crippen molar-refractivity contribution in [1.29, 1.82) is 0 Å². The van der Waals surface area contributed by atoms with E-state index in [2.05, 4.69) is 5.32 Å². The monoisotopic (exact) mass is 298 g/mol. The summed E-state index contributed by atoms with van der Waals surface area (Å²) in [6, 6.07) is 6.41. The Balaban J connectivity index is 2.48. The Morgan fingerprint density at radius 2 is 2.05 bits per heavy atom. The van der Waals surface area contributed by atoms with Crippen molar-refractivity contribution in [2.24, 2.45) is 0 Å². The maximum atomic E-state index is 11.8. The van der Waals surface area contributed by atoms with Crippen LogP contribution in [0.2, 0.25) is 5.02 Å². The highest BCUT2D eigenvalue weighted by Gasteiger charge is 2.20. The Morgan fingerprint density at radius 1 is 1.40 bits per heavy atom. The summed E-state index contributed by atoms with van der Waals surface area (Å²) in [6.45, 7) is 2.18. The number of nitrogens with one attached hydrogen (secondary N) is 1. The molecule has 0 aromatic heterocycles. The zero-order valence-corrected chi connectivity index (χ0v) is 12.4. The van der Waals surface area contributed by atoms with Crippen molar-refractivity contribution in [3.63, 3.8) is 0 Å². The molecule has 0 radical (unpaired) electrons. The fourth-order valence-corrected chi connectivity index (χ4v) is 2.07. The Kier molecular flexibility index (Phi) is 6.48. The maximum absolute atomic E-state index is 11.8. The van der Waals surface area contributed by atoms with Gasteiger partial charge in [0, 0.05) is 13.0 Å². The van der Waals surface area contributed by atoms with Crippen LogP contribution in [0.1, 0.15) is 19.8 Å². The molecule has 0 spiro atoms. The molecule has 0 bridgehead atoms. The third kappa shape index (κ3) is 4.83. The quantitative estimate of drug-likeness (QED) is 0.811. The zero-order valence-electron chi connectivity index (χ0n) is 11.6. The molecule has 1 unspecified atom stereocenters. The first-order chi connectivity index (χ1) is 9.45. The van der Waals surface area contributed by atoms with Gasteiger partial charge in [-0.1, -0.05) is 30.7 Å². The molecule has 2 N–H and O–H groups in total. The van der Waals surface area contributed by atoms with E-state index < -0.39 is 12.0 Å². The molecule has 0 saturated carbocycles. The molecule has 110 valence electrons. The number of anilines is 1. The van der Waals surface area contributed by atoms with Gasteiger partial charge in [-0.05, 0) is 25.6 Å². The molecule has 6 heteroatoms. The van der Waals surface area contributed by atoms with Gasteiger partial charge in [0.05, 0.1) is 10.7 Å². The molecule has 20 heavy (non-hydrogen) atoms. The first-order valence-electron chi connectivity index (χ1n) is 6.43. The Morgan fingerprint density at radius 3 is 2.60 bits per heavy atom. The lowest BCUT2D eigenvalue weighted by Gasteiger charge is -2.23. The van der Waals surface area contributed by atoms with Crippen LogP contribution in [0.25, 0.3) is 0 Å². The standard InChI is InChI=1S/C14H19ClN2O3/c1-3-12(14(19)20)17(2)9-8-13(18)16-11-7-5-4-6-10(11)15/h4-7,12H,3,8-9H2,1-2H3,(H,16,18)(H,19,20). The van der Waals surface area contributed by atoms with Crippen molar-refractivity contribution in [3.8, 4) is 0 Å². The highest BCUT2D eigenvalue weighted by Crippen LogP contribution is 2.20. The minimum Gasteiger partial charge on any atom is -0.480 e. The SMILES string of the molecule is CCC(C(=O)O)N(C)CCC(=O)Nc1ccccc1Cl. The van der Waals surface area contributed by atoms with Crippen LogP contribution in [-0.2, 0) is 9.59 Å². The average molecular weight is 299 g/mol. The van der Waals surface area contributed by atoms with E-state index in [1.165, 1.54) is 0 Å². The van der Waals surface area contributed by atoms with Crippen LogP contribution in [0.15, 0.2) is 24.3 Å². The summed E-state index contributed by atoms with van der Waals surface area (Å²) >= 11 is 5.94. The van der Waals surface area contributed by atoms with Crippen LogP contribution in [0.5, 0.6) is 0 Å². The minimum absolute atomic E-state index is 0.190. The lowest BCUT2D eigenvalue weighted by molar-refractivity contribution is -0.143. The molecule has 1 rings (SSSR count). The summed E-state index contributed by atoms with van der Waals surface area (Å²) in [6.07, 6.45) is 0.712. The largest absolute Gasteiger partial charge is 0.480 e. The van der Waals surface area contributed by atoms with Crippen LogP contribution in [0, 0.1) is 0 Å². The summed E-state index contributed by atoms with van der Waals surface area (Å²) < 4.78 is 0. The number of nitrogens with zero attached hydrogens (tertiary/aromatic N) is 1. The Labute approximate surface area is 123 Å². The maximum Gasteiger partial charge on any atom is 0.320 e. The number of benzene rings is 1. The van der Waals surface area contributed by atoms with Gasteiger partial charge in [0.15, 0.2) is 0 Å². The molecular formula is C14H19ClN2O3. The van der Waals surface area contributed by atoms with Crippen molar-refractivity contribution in [3.05, 3.63) is 29.3 Å². The summed E-state index contributed by atoms with van der Waals surface area (Å²) in [7, 11) is 1.70. The average Bonchev–Trinajstić information content (AvgIpc) is 2.39. The molecule has 1 aromatic carbocycles. The van der Waals surface area contributed by atoms with Crippen molar-refractivity contribution in [2.75, 3.05) is 18.9 Å². The van der Waals surface area contributed by atoms with E-state index in [0.29, 0.717) is 23.7 Å². The van der Waals surface area contributed by atoms with Crippen molar-refractivity contribution >= 4 is 29.2 Å². The van der Waals surface area contributed by atoms with Gasteiger partial charge in [-0.15, -0.1) is 0 Å². The van der Waals surface area contributed by atoms with Gasteiger partial charge in [-0.2, -0.15) is 0 Å². The number of amides is 1. The van der Waals surface area contributed by atoms with E-state index in [1.54, 1.807) is 43.1 Å². The lowest BCUT2D eigenvalue weighted by atomic mass is 10.2. The van der Waals surface area contributed by atoms with Gasteiger partial charge in [0.2, 0.25) is 5.91 Å². The number of halogens is 1. The number of carboxylic acid groups (broad SMARTS) is 1. The van der Waals surface area contributed by atoms with Gasteiger partial charge < -0.3 is 10.4 Å². The normalized spacial score (nSPS) is 12.2. The van der Waals surface area contributed by atoms with E-state index in [0.717, 1.165) is 0 Å². The molecule has 1 aromatic rings. The van der Waals surface area contributed by atoms with Gasteiger partial charge in [-0.3, -0.25) is 14.5 Å². The summed E-state index contributed by atoms with van der Waals surface area (Å²) in [5.41, 5.74) is 0.562. The fourth-order valence-electron chi connectivity index (χ4n) is 1.88. The van der Waals surface area contributed by atoms with E-state index in [9.17, 15) is 9.59 Å². The van der Waals surface area contributed by atoms with Gasteiger partial charge >= 0.3 is 5.97 Å². The van der Waals surface area contributed by atoms with Crippen molar-refractivity contribution in [1.82, 2.24) is 4.90 Å². The number of rotatable bonds is 7. The molecule has 0 heterocycles. The second-order valence-corrected chi connectivity index (χ2v) is 4.93. The van der Waals surface area contributed by atoms with E-state index in [4.69, 9.17) is 16.7 Å². The predicted molar refractivity (Wildman–Crippen MR) is 79.0 cm³/mol. The van der Waals surface area contributed by atoms with E-state index in [-0.39, 0.29) is 12.3 Å². The molecule has 0 fully saturated rings. The summed E-state index contributed by atoms with van der Waals surface area (Å²) in [5.74, 6) is -1.06. The van der Waals surface area contributed by atoms with Crippen LogP contribution < -0.4 is 5.32 Å².